The molecule has 1 aliphatic heterocycles. The lowest BCUT2D eigenvalue weighted by atomic mass is 9.97. The zero-order valence-corrected chi connectivity index (χ0v) is 14.3. The Morgan fingerprint density at radius 2 is 1.88 bits per heavy atom. The van der Waals surface area contributed by atoms with Crippen LogP contribution >= 0.6 is 0 Å². The Labute approximate surface area is 141 Å². The quantitative estimate of drug-likeness (QED) is 0.810. The number of fused-ring (bicyclic) bond motifs is 1. The van der Waals surface area contributed by atoms with Crippen LogP contribution in [0.5, 0.6) is 5.75 Å². The molecule has 24 heavy (non-hydrogen) atoms. The van der Waals surface area contributed by atoms with Crippen molar-refractivity contribution in [2.24, 2.45) is 0 Å². The minimum absolute atomic E-state index is 0.00399. The number of benzene rings is 1. The van der Waals surface area contributed by atoms with Crippen LogP contribution < -0.4 is 10.4 Å². The van der Waals surface area contributed by atoms with Crippen molar-refractivity contribution in [2.75, 3.05) is 0 Å². The second-order valence-electron chi connectivity index (χ2n) is 6.59. The van der Waals surface area contributed by atoms with Crippen LogP contribution in [-0.2, 0) is 4.79 Å². The molecule has 5 nitrogen and oxygen atoms in total. The first-order valence-electron chi connectivity index (χ1n) is 8.48. The number of likely N-dealkylation sites (tertiary alicyclic amines) is 1. The number of carbonyl (C=O) groups excluding carboxylic acids is 1. The topological polar surface area (TPSA) is 59.8 Å². The molecule has 3 rings (SSSR count). The Morgan fingerprint density at radius 1 is 1.21 bits per heavy atom. The summed E-state index contributed by atoms with van der Waals surface area (Å²) in [5, 5.41) is 0.819. The van der Waals surface area contributed by atoms with E-state index in [2.05, 4.69) is 13.8 Å². The van der Waals surface area contributed by atoms with Gasteiger partial charge >= 0.3 is 5.63 Å². The summed E-state index contributed by atoms with van der Waals surface area (Å²) >= 11 is 0. The van der Waals surface area contributed by atoms with Crippen molar-refractivity contribution in [3.8, 4) is 5.75 Å². The maximum atomic E-state index is 12.8. The van der Waals surface area contributed by atoms with Crippen LogP contribution in [0.25, 0.3) is 11.0 Å². The van der Waals surface area contributed by atoms with E-state index in [-0.39, 0.29) is 18.0 Å². The summed E-state index contributed by atoms with van der Waals surface area (Å²) in [5.74, 6) is 0.527. The maximum absolute atomic E-state index is 12.8. The van der Waals surface area contributed by atoms with Crippen molar-refractivity contribution in [1.82, 2.24) is 4.90 Å². The first kappa shape index (κ1) is 16.6. The Kier molecular flexibility index (Phi) is 4.60. The average molecular weight is 329 g/mol. The van der Waals surface area contributed by atoms with Crippen molar-refractivity contribution in [1.29, 1.82) is 0 Å². The van der Waals surface area contributed by atoms with Gasteiger partial charge in [-0.25, -0.2) is 4.79 Å². The Morgan fingerprint density at radius 3 is 2.58 bits per heavy atom. The van der Waals surface area contributed by atoms with Gasteiger partial charge in [-0.05, 0) is 58.2 Å². The zero-order chi connectivity index (χ0) is 17.3. The van der Waals surface area contributed by atoms with E-state index in [1.54, 1.807) is 25.1 Å². The summed E-state index contributed by atoms with van der Waals surface area (Å²) in [7, 11) is 0. The van der Waals surface area contributed by atoms with Gasteiger partial charge in [0.2, 0.25) is 0 Å². The molecule has 0 spiro atoms. The van der Waals surface area contributed by atoms with E-state index < -0.39 is 11.7 Å². The second-order valence-corrected chi connectivity index (χ2v) is 6.59. The molecule has 1 saturated heterocycles. The summed E-state index contributed by atoms with van der Waals surface area (Å²) in [5.41, 5.74) is 0.0547. The largest absolute Gasteiger partial charge is 0.481 e. The fraction of sp³-hybridized carbons (Fsp3) is 0.474. The van der Waals surface area contributed by atoms with Crippen molar-refractivity contribution < 1.29 is 13.9 Å². The normalized spacial score (nSPS) is 22.4. The van der Waals surface area contributed by atoms with E-state index >= 15 is 0 Å². The number of carbonyl (C=O) groups is 1. The van der Waals surface area contributed by atoms with Crippen molar-refractivity contribution in [2.45, 2.75) is 58.2 Å². The predicted octanol–water partition coefficient (Wildman–Crippen LogP) is 3.35. The van der Waals surface area contributed by atoms with E-state index in [0.717, 1.165) is 24.6 Å². The molecule has 1 fully saturated rings. The fourth-order valence-corrected chi connectivity index (χ4v) is 3.43. The number of rotatable bonds is 3. The standard InChI is InChI=1S/C19H23NO4/c1-12-5-4-6-13(2)20(12)19(22)14(3)23-16-9-7-15-8-10-18(21)24-17(15)11-16/h7-14H,4-6H2,1-3H3/t12-,13-,14+/m0/s1. The van der Waals surface area contributed by atoms with E-state index in [1.807, 2.05) is 11.0 Å². The number of amides is 1. The van der Waals surface area contributed by atoms with Gasteiger partial charge in [-0.1, -0.05) is 0 Å². The van der Waals surface area contributed by atoms with Gasteiger partial charge < -0.3 is 14.1 Å². The highest BCUT2D eigenvalue weighted by Crippen LogP contribution is 2.25. The molecule has 1 amide bonds. The molecule has 1 aliphatic rings. The maximum Gasteiger partial charge on any atom is 0.336 e. The molecular formula is C19H23NO4. The monoisotopic (exact) mass is 329 g/mol. The van der Waals surface area contributed by atoms with Gasteiger partial charge in [0.1, 0.15) is 11.3 Å². The Bertz CT molecular complexity index is 787. The average Bonchev–Trinajstić information content (AvgIpc) is 2.54. The van der Waals surface area contributed by atoms with Crippen molar-refractivity contribution in [3.63, 3.8) is 0 Å². The third kappa shape index (κ3) is 3.30. The molecule has 0 saturated carbocycles. The first-order valence-corrected chi connectivity index (χ1v) is 8.48. The summed E-state index contributed by atoms with van der Waals surface area (Å²) in [6.07, 6.45) is 2.64. The highest BCUT2D eigenvalue weighted by atomic mass is 16.5. The van der Waals surface area contributed by atoms with Crippen LogP contribution in [0.2, 0.25) is 0 Å². The molecule has 0 aliphatic carbocycles. The minimum Gasteiger partial charge on any atom is -0.481 e. The van der Waals surface area contributed by atoms with E-state index in [1.165, 1.54) is 6.07 Å². The van der Waals surface area contributed by atoms with Crippen LogP contribution in [0.15, 0.2) is 39.5 Å². The van der Waals surface area contributed by atoms with Crippen molar-refractivity contribution >= 4 is 16.9 Å². The molecule has 3 atom stereocenters. The Hall–Kier alpha value is -2.30. The third-order valence-electron chi connectivity index (χ3n) is 4.70. The van der Waals surface area contributed by atoms with Gasteiger partial charge in [0.25, 0.3) is 5.91 Å². The molecule has 0 bridgehead atoms. The highest BCUT2D eigenvalue weighted by Gasteiger charge is 2.32. The van der Waals surface area contributed by atoms with Crippen LogP contribution in [0.1, 0.15) is 40.0 Å². The summed E-state index contributed by atoms with van der Waals surface area (Å²) in [6, 6.07) is 8.82. The molecule has 2 heterocycles. The minimum atomic E-state index is -0.583. The molecule has 0 N–H and O–H groups in total. The molecule has 0 unspecified atom stereocenters. The van der Waals surface area contributed by atoms with Gasteiger partial charge in [0, 0.05) is 29.6 Å². The molecule has 1 aromatic heterocycles. The molecule has 2 aromatic rings. The van der Waals surface area contributed by atoms with Crippen LogP contribution in [0.4, 0.5) is 0 Å². The van der Waals surface area contributed by atoms with E-state index in [0.29, 0.717) is 11.3 Å². The van der Waals surface area contributed by atoms with Gasteiger partial charge in [0.15, 0.2) is 6.10 Å². The highest BCUT2D eigenvalue weighted by molar-refractivity contribution is 5.82. The van der Waals surface area contributed by atoms with Crippen LogP contribution in [0.3, 0.4) is 0 Å². The van der Waals surface area contributed by atoms with Crippen LogP contribution in [0, 0.1) is 0 Å². The molecular weight excluding hydrogens is 306 g/mol. The lowest BCUT2D eigenvalue weighted by Gasteiger charge is -2.40. The fourth-order valence-electron chi connectivity index (χ4n) is 3.43. The van der Waals surface area contributed by atoms with Gasteiger partial charge in [-0.3, -0.25) is 4.79 Å². The number of hydrogen-bond donors (Lipinski definition) is 0. The number of piperidine rings is 1. The summed E-state index contributed by atoms with van der Waals surface area (Å²) < 4.78 is 11.0. The second kappa shape index (κ2) is 6.67. The van der Waals surface area contributed by atoms with Crippen molar-refractivity contribution in [3.05, 3.63) is 40.8 Å². The molecule has 1 aromatic carbocycles. The first-order chi connectivity index (χ1) is 11.5. The SMILES string of the molecule is C[C@@H](Oc1ccc2ccc(=O)oc2c1)C(=O)N1[C@@H](C)CCC[C@@H]1C. The number of ether oxygens (including phenoxy) is 1. The zero-order valence-electron chi connectivity index (χ0n) is 14.3. The van der Waals surface area contributed by atoms with Crippen LogP contribution in [-0.4, -0.2) is 29.0 Å². The third-order valence-corrected chi connectivity index (χ3v) is 4.70. The van der Waals surface area contributed by atoms with Gasteiger partial charge in [-0.2, -0.15) is 0 Å². The molecule has 0 radical (unpaired) electrons. The number of nitrogens with zero attached hydrogens (tertiary/aromatic N) is 1. The lowest BCUT2D eigenvalue weighted by Crippen LogP contribution is -2.51. The smallest absolute Gasteiger partial charge is 0.336 e. The van der Waals surface area contributed by atoms with E-state index in [9.17, 15) is 9.59 Å². The van der Waals surface area contributed by atoms with Gasteiger partial charge in [-0.15, -0.1) is 0 Å². The predicted molar refractivity (Wildman–Crippen MR) is 92.2 cm³/mol. The molecule has 5 heteroatoms. The summed E-state index contributed by atoms with van der Waals surface area (Å²) in [4.78, 5) is 26.0. The Balaban J connectivity index is 1.77. The number of hydrogen-bond acceptors (Lipinski definition) is 4. The summed E-state index contributed by atoms with van der Waals surface area (Å²) in [6.45, 7) is 5.94. The lowest BCUT2D eigenvalue weighted by molar-refractivity contribution is -0.144. The van der Waals surface area contributed by atoms with Gasteiger partial charge in [0.05, 0.1) is 0 Å². The molecule has 128 valence electrons. The van der Waals surface area contributed by atoms with E-state index in [4.69, 9.17) is 9.15 Å².